The minimum Gasteiger partial charge on any atom is -0.387 e. The van der Waals surface area contributed by atoms with Gasteiger partial charge in [-0.15, -0.1) is 0 Å². The van der Waals surface area contributed by atoms with Crippen molar-refractivity contribution in [2.24, 2.45) is 7.05 Å². The number of aryl methyl sites for hydroxylation is 1. The predicted molar refractivity (Wildman–Crippen MR) is 78.1 cm³/mol. The van der Waals surface area contributed by atoms with E-state index >= 15 is 0 Å². The van der Waals surface area contributed by atoms with Crippen molar-refractivity contribution in [3.8, 4) is 0 Å². The van der Waals surface area contributed by atoms with E-state index in [9.17, 15) is 13.9 Å². The molecule has 6 heteroatoms. The van der Waals surface area contributed by atoms with Crippen molar-refractivity contribution in [2.45, 2.75) is 25.0 Å². The maximum atomic E-state index is 13.3. The minimum atomic E-state index is -0.929. The van der Waals surface area contributed by atoms with E-state index in [1.165, 1.54) is 6.07 Å². The molecule has 1 aromatic heterocycles. The molecule has 2 aromatic rings. The lowest BCUT2D eigenvalue weighted by Crippen LogP contribution is -2.28. The molecule has 3 rings (SSSR count). The number of aliphatic hydroxyl groups excluding tert-OH is 1. The zero-order valence-corrected chi connectivity index (χ0v) is 12.4. The molecular formula is C16H19F2N3O. The molecule has 1 aromatic carbocycles. The van der Waals surface area contributed by atoms with Crippen LogP contribution >= 0.6 is 0 Å². The number of aliphatic hydroxyl groups is 1. The number of benzene rings is 1. The summed E-state index contributed by atoms with van der Waals surface area (Å²) in [6, 6.07) is 3.76. The molecular weight excluding hydrogens is 288 g/mol. The molecule has 1 aliphatic heterocycles. The lowest BCUT2D eigenvalue weighted by atomic mass is 10.1. The standard InChI is InChI=1S/C16H19F2N3O/c1-20-9-12(8-19-20)15-3-2-6-21(15)10-16(22)11-4-5-13(17)14(18)7-11/h4-5,7-9,15-16,22H,2-3,6,10H2,1H3. The number of halogens is 2. The first-order valence-corrected chi connectivity index (χ1v) is 7.40. The first-order valence-electron chi connectivity index (χ1n) is 7.40. The van der Waals surface area contributed by atoms with Crippen molar-refractivity contribution in [3.63, 3.8) is 0 Å². The van der Waals surface area contributed by atoms with E-state index in [0.29, 0.717) is 12.1 Å². The van der Waals surface area contributed by atoms with Gasteiger partial charge >= 0.3 is 0 Å². The molecule has 118 valence electrons. The molecule has 0 spiro atoms. The summed E-state index contributed by atoms with van der Waals surface area (Å²) in [6.07, 6.45) is 5.03. The van der Waals surface area contributed by atoms with Crippen LogP contribution in [0.3, 0.4) is 0 Å². The van der Waals surface area contributed by atoms with Gasteiger partial charge in [-0.25, -0.2) is 8.78 Å². The summed E-state index contributed by atoms with van der Waals surface area (Å²) >= 11 is 0. The Balaban J connectivity index is 1.72. The van der Waals surface area contributed by atoms with Gasteiger partial charge in [-0.1, -0.05) is 6.07 Å². The first-order chi connectivity index (χ1) is 10.5. The average molecular weight is 307 g/mol. The third-order valence-corrected chi connectivity index (χ3v) is 4.21. The molecule has 0 amide bonds. The molecule has 0 bridgehead atoms. The Labute approximate surface area is 128 Å². The van der Waals surface area contributed by atoms with Gasteiger partial charge in [0.15, 0.2) is 11.6 Å². The van der Waals surface area contributed by atoms with E-state index in [1.54, 1.807) is 4.68 Å². The van der Waals surface area contributed by atoms with Gasteiger partial charge in [0.1, 0.15) is 0 Å². The van der Waals surface area contributed by atoms with E-state index < -0.39 is 17.7 Å². The number of aromatic nitrogens is 2. The molecule has 0 aliphatic carbocycles. The summed E-state index contributed by atoms with van der Waals surface area (Å²) in [7, 11) is 1.87. The van der Waals surface area contributed by atoms with Crippen LogP contribution in [0.5, 0.6) is 0 Å². The van der Waals surface area contributed by atoms with Crippen molar-refractivity contribution in [3.05, 3.63) is 53.4 Å². The number of hydrogen-bond acceptors (Lipinski definition) is 3. The van der Waals surface area contributed by atoms with Crippen LogP contribution in [0.4, 0.5) is 8.78 Å². The number of β-amino-alcohol motifs (C(OH)–C–C–N with tert-alkyl or cyclic N) is 1. The Kier molecular flexibility index (Phi) is 4.22. The monoisotopic (exact) mass is 307 g/mol. The van der Waals surface area contributed by atoms with E-state index in [4.69, 9.17) is 0 Å². The first kappa shape index (κ1) is 15.1. The summed E-state index contributed by atoms with van der Waals surface area (Å²) < 4.78 is 28.0. The lowest BCUT2D eigenvalue weighted by Gasteiger charge is -2.26. The molecule has 22 heavy (non-hydrogen) atoms. The van der Waals surface area contributed by atoms with Gasteiger partial charge in [0, 0.05) is 31.4 Å². The largest absolute Gasteiger partial charge is 0.387 e. The van der Waals surface area contributed by atoms with Crippen molar-refractivity contribution < 1.29 is 13.9 Å². The van der Waals surface area contributed by atoms with E-state index in [-0.39, 0.29) is 6.04 Å². The van der Waals surface area contributed by atoms with Crippen molar-refractivity contribution in [1.82, 2.24) is 14.7 Å². The summed E-state index contributed by atoms with van der Waals surface area (Å²) in [4.78, 5) is 2.17. The van der Waals surface area contributed by atoms with E-state index in [0.717, 1.165) is 37.1 Å². The smallest absolute Gasteiger partial charge is 0.159 e. The molecule has 1 fully saturated rings. The third kappa shape index (κ3) is 3.03. The van der Waals surface area contributed by atoms with Crippen LogP contribution in [0.2, 0.25) is 0 Å². The molecule has 0 radical (unpaired) electrons. The van der Waals surface area contributed by atoms with Crippen molar-refractivity contribution in [1.29, 1.82) is 0 Å². The van der Waals surface area contributed by atoms with Gasteiger partial charge in [-0.05, 0) is 37.1 Å². The highest BCUT2D eigenvalue weighted by molar-refractivity contribution is 5.21. The zero-order valence-electron chi connectivity index (χ0n) is 12.4. The third-order valence-electron chi connectivity index (χ3n) is 4.21. The predicted octanol–water partition coefficient (Wildman–Crippen LogP) is 2.57. The van der Waals surface area contributed by atoms with E-state index in [2.05, 4.69) is 10.00 Å². The Bertz CT molecular complexity index is 659. The van der Waals surface area contributed by atoms with Gasteiger partial charge in [0.2, 0.25) is 0 Å². The molecule has 0 saturated carbocycles. The van der Waals surface area contributed by atoms with Crippen LogP contribution in [0, 0.1) is 11.6 Å². The maximum Gasteiger partial charge on any atom is 0.159 e. The fraction of sp³-hybridized carbons (Fsp3) is 0.438. The Morgan fingerprint density at radius 1 is 1.36 bits per heavy atom. The fourth-order valence-electron chi connectivity index (χ4n) is 3.08. The summed E-state index contributed by atoms with van der Waals surface area (Å²) in [5.74, 6) is -1.83. The molecule has 1 aliphatic rings. The highest BCUT2D eigenvalue weighted by atomic mass is 19.2. The highest BCUT2D eigenvalue weighted by Crippen LogP contribution is 2.33. The van der Waals surface area contributed by atoms with Crippen molar-refractivity contribution in [2.75, 3.05) is 13.1 Å². The van der Waals surface area contributed by atoms with Gasteiger partial charge in [0.05, 0.1) is 12.3 Å². The molecule has 1 N–H and O–H groups in total. The van der Waals surface area contributed by atoms with Crippen LogP contribution in [0.15, 0.2) is 30.6 Å². The Hall–Kier alpha value is -1.79. The topological polar surface area (TPSA) is 41.3 Å². The molecule has 2 heterocycles. The second-order valence-electron chi connectivity index (χ2n) is 5.79. The van der Waals surface area contributed by atoms with Crippen LogP contribution in [0.1, 0.15) is 36.1 Å². The highest BCUT2D eigenvalue weighted by Gasteiger charge is 2.28. The van der Waals surface area contributed by atoms with Crippen LogP contribution < -0.4 is 0 Å². The van der Waals surface area contributed by atoms with Crippen molar-refractivity contribution >= 4 is 0 Å². The maximum absolute atomic E-state index is 13.3. The number of nitrogens with zero attached hydrogens (tertiary/aromatic N) is 3. The molecule has 4 nitrogen and oxygen atoms in total. The second kappa shape index (κ2) is 6.14. The number of hydrogen-bond donors (Lipinski definition) is 1. The second-order valence-corrected chi connectivity index (χ2v) is 5.79. The van der Waals surface area contributed by atoms with Crippen LogP contribution in [-0.2, 0) is 7.05 Å². The summed E-state index contributed by atoms with van der Waals surface area (Å²) in [5.41, 5.74) is 1.52. The van der Waals surface area contributed by atoms with Gasteiger partial charge < -0.3 is 5.11 Å². The van der Waals surface area contributed by atoms with Gasteiger partial charge in [0.25, 0.3) is 0 Å². The molecule has 1 saturated heterocycles. The number of likely N-dealkylation sites (tertiary alicyclic amines) is 1. The Morgan fingerprint density at radius 3 is 2.86 bits per heavy atom. The quantitative estimate of drug-likeness (QED) is 0.944. The SMILES string of the molecule is Cn1cc(C2CCCN2CC(O)c2ccc(F)c(F)c2)cn1. The summed E-state index contributed by atoms with van der Waals surface area (Å²) in [6.45, 7) is 1.27. The molecule has 2 atom stereocenters. The fourth-order valence-corrected chi connectivity index (χ4v) is 3.08. The normalized spacial score (nSPS) is 20.5. The number of rotatable bonds is 4. The minimum absolute atomic E-state index is 0.216. The molecule has 2 unspecified atom stereocenters. The average Bonchev–Trinajstić information content (AvgIpc) is 3.10. The lowest BCUT2D eigenvalue weighted by molar-refractivity contribution is 0.106. The summed E-state index contributed by atoms with van der Waals surface area (Å²) in [5, 5.41) is 14.5. The zero-order chi connectivity index (χ0) is 15.7. The van der Waals surface area contributed by atoms with Gasteiger partial charge in [-0.2, -0.15) is 5.10 Å². The van der Waals surface area contributed by atoms with Gasteiger partial charge in [-0.3, -0.25) is 9.58 Å². The van der Waals surface area contributed by atoms with Crippen LogP contribution in [-0.4, -0.2) is 32.9 Å². The van der Waals surface area contributed by atoms with E-state index in [1.807, 2.05) is 19.4 Å². The Morgan fingerprint density at radius 2 is 2.18 bits per heavy atom. The van der Waals surface area contributed by atoms with Crippen LogP contribution in [0.25, 0.3) is 0 Å².